The van der Waals surface area contributed by atoms with E-state index in [9.17, 15) is 21.6 Å². The van der Waals surface area contributed by atoms with Gasteiger partial charge in [0.05, 0.1) is 11.1 Å². The summed E-state index contributed by atoms with van der Waals surface area (Å²) in [6.07, 6.45) is -0.445. The van der Waals surface area contributed by atoms with Crippen molar-refractivity contribution in [1.29, 1.82) is 0 Å². The molecule has 1 aliphatic rings. The summed E-state index contributed by atoms with van der Waals surface area (Å²) in [4.78, 5) is 13.2. The first-order chi connectivity index (χ1) is 16.5. The molecule has 35 heavy (non-hydrogen) atoms. The van der Waals surface area contributed by atoms with Crippen LogP contribution in [0.2, 0.25) is 0 Å². The number of ether oxygens (including phenoxy) is 1. The molecule has 0 atom stereocenters. The average Bonchev–Trinajstić information content (AvgIpc) is 3.25. The van der Waals surface area contributed by atoms with Crippen LogP contribution in [0.1, 0.15) is 29.5 Å². The fraction of sp³-hybridized carbons (Fsp3) is 0.318. The largest absolute Gasteiger partial charge is 0.490 e. The van der Waals surface area contributed by atoms with Gasteiger partial charge in [-0.05, 0) is 36.2 Å². The third-order valence-corrected chi connectivity index (χ3v) is 6.95. The summed E-state index contributed by atoms with van der Waals surface area (Å²) in [6, 6.07) is 10.6. The molecule has 0 bridgehead atoms. The quantitative estimate of drug-likeness (QED) is 0.531. The number of benzene rings is 1. The number of aromatic nitrogens is 2. The second-order valence-electron chi connectivity index (χ2n) is 7.40. The minimum atomic E-state index is -5.08. The Morgan fingerprint density at radius 1 is 1.23 bits per heavy atom. The molecule has 0 saturated carbocycles. The van der Waals surface area contributed by atoms with Crippen molar-refractivity contribution in [2.75, 3.05) is 6.54 Å². The standard InChI is InChI=1S/C20H21N3O4S.C2HF3O2/c1-2-15-5-7-17(8-6-15)28(24,25)23-11-9-20-18(13-23)19(22-27-20)14-26-16-4-3-10-21-12-16;3-2(4,5)1(6)7/h3-8,10,12H,2,9,11,13-14H2,1H3;(H,6,7). The molecule has 0 fully saturated rings. The summed E-state index contributed by atoms with van der Waals surface area (Å²) in [5.41, 5.74) is 2.50. The number of hydrogen-bond donors (Lipinski definition) is 1. The maximum atomic E-state index is 13.0. The van der Waals surface area contributed by atoms with Gasteiger partial charge in [-0.3, -0.25) is 4.98 Å². The maximum absolute atomic E-state index is 13.0. The summed E-state index contributed by atoms with van der Waals surface area (Å²) >= 11 is 0. The summed E-state index contributed by atoms with van der Waals surface area (Å²) in [5, 5.41) is 11.2. The monoisotopic (exact) mass is 513 g/mol. The van der Waals surface area contributed by atoms with E-state index in [0.717, 1.165) is 23.3 Å². The Morgan fingerprint density at radius 3 is 2.49 bits per heavy atom. The number of carboxylic acids is 1. The van der Waals surface area contributed by atoms with Crippen LogP contribution in [0.25, 0.3) is 0 Å². The molecule has 0 radical (unpaired) electrons. The average molecular weight is 513 g/mol. The molecule has 0 unspecified atom stereocenters. The van der Waals surface area contributed by atoms with Crippen LogP contribution in [0.5, 0.6) is 5.75 Å². The lowest BCUT2D eigenvalue weighted by Crippen LogP contribution is -2.36. The third kappa shape index (κ3) is 6.57. The number of aryl methyl sites for hydroxylation is 1. The lowest BCUT2D eigenvalue weighted by molar-refractivity contribution is -0.192. The Morgan fingerprint density at radius 2 is 1.91 bits per heavy atom. The fourth-order valence-electron chi connectivity index (χ4n) is 3.19. The number of halogens is 3. The third-order valence-electron chi connectivity index (χ3n) is 5.10. The number of carboxylic acid groups (broad SMARTS) is 1. The van der Waals surface area contributed by atoms with E-state index in [-0.39, 0.29) is 13.2 Å². The van der Waals surface area contributed by atoms with Gasteiger partial charge in [-0.1, -0.05) is 24.2 Å². The lowest BCUT2D eigenvalue weighted by Gasteiger charge is -2.25. The first kappa shape index (κ1) is 26.2. The molecule has 3 heterocycles. The molecule has 0 spiro atoms. The zero-order valence-electron chi connectivity index (χ0n) is 18.5. The molecule has 3 aromatic rings. The zero-order chi connectivity index (χ0) is 25.6. The van der Waals surface area contributed by atoms with E-state index in [2.05, 4.69) is 10.1 Å². The minimum absolute atomic E-state index is 0.198. The van der Waals surface area contributed by atoms with Gasteiger partial charge in [-0.15, -0.1) is 0 Å². The van der Waals surface area contributed by atoms with Crippen molar-refractivity contribution in [3.05, 3.63) is 71.4 Å². The maximum Gasteiger partial charge on any atom is 0.490 e. The Labute approximate surface area is 199 Å². The molecule has 9 nitrogen and oxygen atoms in total. The summed E-state index contributed by atoms with van der Waals surface area (Å²) < 4.78 is 70.4. The van der Waals surface area contributed by atoms with E-state index in [1.54, 1.807) is 36.7 Å². The number of sulfonamides is 1. The number of pyridine rings is 1. The topological polar surface area (TPSA) is 123 Å². The van der Waals surface area contributed by atoms with Gasteiger partial charge in [0.2, 0.25) is 10.0 Å². The van der Waals surface area contributed by atoms with Crippen LogP contribution in [-0.4, -0.2) is 46.7 Å². The molecule has 2 aromatic heterocycles. The number of hydrogen-bond acceptors (Lipinski definition) is 7. The highest BCUT2D eigenvalue weighted by Crippen LogP contribution is 2.28. The molecule has 0 aliphatic carbocycles. The van der Waals surface area contributed by atoms with Crippen LogP contribution in [0.4, 0.5) is 13.2 Å². The number of nitrogens with zero attached hydrogens (tertiary/aromatic N) is 3. The van der Waals surface area contributed by atoms with Gasteiger partial charge in [-0.25, -0.2) is 13.2 Å². The number of rotatable bonds is 6. The summed E-state index contributed by atoms with van der Waals surface area (Å²) in [5.74, 6) is -1.42. The highest BCUT2D eigenvalue weighted by atomic mass is 32.2. The van der Waals surface area contributed by atoms with Gasteiger partial charge in [-0.2, -0.15) is 17.5 Å². The predicted molar refractivity (Wildman–Crippen MR) is 116 cm³/mol. The fourth-order valence-corrected chi connectivity index (χ4v) is 4.60. The zero-order valence-corrected chi connectivity index (χ0v) is 19.3. The molecule has 0 saturated heterocycles. The van der Waals surface area contributed by atoms with E-state index in [4.69, 9.17) is 19.2 Å². The minimum Gasteiger partial charge on any atom is -0.486 e. The number of fused-ring (bicyclic) bond motifs is 1. The van der Waals surface area contributed by atoms with Crippen molar-refractivity contribution < 1.29 is 40.8 Å². The van der Waals surface area contributed by atoms with Crippen molar-refractivity contribution in [1.82, 2.24) is 14.4 Å². The normalized spacial score (nSPS) is 13.9. The van der Waals surface area contributed by atoms with Crippen molar-refractivity contribution in [3.63, 3.8) is 0 Å². The van der Waals surface area contributed by atoms with Crippen molar-refractivity contribution in [2.24, 2.45) is 0 Å². The van der Waals surface area contributed by atoms with Crippen molar-refractivity contribution in [3.8, 4) is 5.75 Å². The Balaban J connectivity index is 0.000000429. The second kappa shape index (κ2) is 10.9. The van der Waals surface area contributed by atoms with Crippen LogP contribution in [0, 0.1) is 0 Å². The number of aliphatic carboxylic acids is 1. The van der Waals surface area contributed by atoms with Crippen LogP contribution >= 0.6 is 0 Å². The molecule has 0 amide bonds. The highest BCUT2D eigenvalue weighted by Gasteiger charge is 2.38. The van der Waals surface area contributed by atoms with Gasteiger partial charge in [0.25, 0.3) is 0 Å². The van der Waals surface area contributed by atoms with E-state index >= 15 is 0 Å². The van der Waals surface area contributed by atoms with Crippen LogP contribution in [0.3, 0.4) is 0 Å². The molecule has 1 N–H and O–H groups in total. The predicted octanol–water partition coefficient (Wildman–Crippen LogP) is 3.59. The lowest BCUT2D eigenvalue weighted by atomic mass is 10.1. The van der Waals surface area contributed by atoms with Gasteiger partial charge < -0.3 is 14.4 Å². The van der Waals surface area contributed by atoms with Crippen molar-refractivity contribution in [2.45, 2.75) is 44.0 Å². The molecular formula is C22H22F3N3O6S. The van der Waals surface area contributed by atoms with E-state index in [1.807, 2.05) is 19.1 Å². The van der Waals surface area contributed by atoms with Crippen LogP contribution in [-0.2, 0) is 40.8 Å². The molecule has 4 rings (SSSR count). The Hall–Kier alpha value is -3.45. The molecule has 1 aliphatic heterocycles. The van der Waals surface area contributed by atoms with Gasteiger partial charge in [0.1, 0.15) is 23.8 Å². The smallest absolute Gasteiger partial charge is 0.486 e. The van der Waals surface area contributed by atoms with Crippen LogP contribution < -0.4 is 4.74 Å². The SMILES string of the molecule is CCc1ccc(S(=O)(=O)N2CCc3onc(COc4cccnc4)c3C2)cc1.O=C(O)C(F)(F)F. The number of alkyl halides is 3. The van der Waals surface area contributed by atoms with Gasteiger partial charge in [0.15, 0.2) is 0 Å². The second-order valence-corrected chi connectivity index (χ2v) is 9.34. The Kier molecular flexibility index (Phi) is 8.12. The van der Waals surface area contributed by atoms with E-state index < -0.39 is 22.2 Å². The first-order valence-corrected chi connectivity index (χ1v) is 11.8. The molecule has 188 valence electrons. The van der Waals surface area contributed by atoms with Crippen LogP contribution in [0.15, 0.2) is 58.2 Å². The number of carbonyl (C=O) groups is 1. The summed E-state index contributed by atoms with van der Waals surface area (Å²) in [6.45, 7) is 2.83. The van der Waals surface area contributed by atoms with E-state index in [1.165, 1.54) is 4.31 Å². The molecular weight excluding hydrogens is 491 g/mol. The first-order valence-electron chi connectivity index (χ1n) is 10.4. The summed E-state index contributed by atoms with van der Waals surface area (Å²) in [7, 11) is -3.58. The molecule has 13 heteroatoms. The highest BCUT2D eigenvalue weighted by molar-refractivity contribution is 7.89. The molecule has 1 aromatic carbocycles. The van der Waals surface area contributed by atoms with Crippen molar-refractivity contribution >= 4 is 16.0 Å². The Bertz CT molecular complexity index is 1250. The van der Waals surface area contributed by atoms with E-state index in [0.29, 0.717) is 29.3 Å². The van der Waals surface area contributed by atoms with Gasteiger partial charge in [0, 0.05) is 31.3 Å². The van der Waals surface area contributed by atoms with Gasteiger partial charge >= 0.3 is 12.1 Å².